The normalized spacial score (nSPS) is 21.3. The molecule has 0 spiro atoms. The molecule has 1 unspecified atom stereocenters. The smallest absolute Gasteiger partial charge is 0.184 e. The molecule has 2 rings (SSSR count). The Morgan fingerprint density at radius 2 is 1.95 bits per heavy atom. The lowest BCUT2D eigenvalue weighted by Gasteiger charge is -2.27. The highest BCUT2D eigenvalue weighted by Gasteiger charge is 2.29. The van der Waals surface area contributed by atoms with Crippen molar-refractivity contribution in [2.75, 3.05) is 33.7 Å². The van der Waals surface area contributed by atoms with Gasteiger partial charge in [0.05, 0.1) is 17.7 Å². The molecule has 0 saturated carbocycles. The second-order valence-corrected chi connectivity index (χ2v) is 6.14. The summed E-state index contributed by atoms with van der Waals surface area (Å²) < 4.78 is 5.80. The number of benzene rings is 1. The number of Topliss-reactive ketones (excluding diaryl/α,β-unsaturated/α-hetero) is 1. The minimum absolute atomic E-state index is 0.0634. The van der Waals surface area contributed by atoms with E-state index in [1.807, 2.05) is 45.2 Å². The summed E-state index contributed by atoms with van der Waals surface area (Å²) in [5.74, 6) is 0.848. The quantitative estimate of drug-likeness (QED) is 0.797. The highest BCUT2D eigenvalue weighted by atomic mass is 16.5. The molecule has 1 aromatic rings. The largest absolute Gasteiger partial charge is 0.490 e. The molecule has 0 amide bonds. The van der Waals surface area contributed by atoms with E-state index in [4.69, 9.17) is 4.74 Å². The van der Waals surface area contributed by atoms with Gasteiger partial charge in [0.25, 0.3) is 0 Å². The first-order chi connectivity index (χ1) is 9.99. The lowest BCUT2D eigenvalue weighted by atomic mass is 10.0. The molecule has 1 heterocycles. The van der Waals surface area contributed by atoms with E-state index in [-0.39, 0.29) is 17.9 Å². The maximum absolute atomic E-state index is 13.0. The molecule has 1 fully saturated rings. The Bertz CT molecular complexity index is 487. The first kappa shape index (κ1) is 16.0. The van der Waals surface area contributed by atoms with Crippen LogP contribution < -0.4 is 4.74 Å². The lowest BCUT2D eigenvalue weighted by molar-refractivity contribution is 0.0833. The van der Waals surface area contributed by atoms with Gasteiger partial charge in [-0.25, -0.2) is 0 Å². The molecule has 1 aliphatic heterocycles. The Hall–Kier alpha value is -1.39. The minimum atomic E-state index is -0.102. The lowest BCUT2D eigenvalue weighted by Crippen LogP contribution is -2.43. The van der Waals surface area contributed by atoms with Crippen molar-refractivity contribution in [2.24, 2.45) is 0 Å². The predicted octanol–water partition coefficient (Wildman–Crippen LogP) is 2.29. The van der Waals surface area contributed by atoms with Gasteiger partial charge in [0.2, 0.25) is 0 Å². The number of ether oxygens (including phenoxy) is 1. The molecule has 1 atom stereocenters. The molecule has 0 aromatic heterocycles. The first-order valence-corrected chi connectivity index (χ1v) is 7.67. The van der Waals surface area contributed by atoms with E-state index >= 15 is 0 Å². The molecule has 1 aliphatic rings. The van der Waals surface area contributed by atoms with Gasteiger partial charge in [0.1, 0.15) is 5.75 Å². The van der Waals surface area contributed by atoms with E-state index in [0.717, 1.165) is 26.1 Å². The SMILES string of the molecule is CC(C)Oc1ccccc1C(=O)C1CN(C)CCCN1C. The van der Waals surface area contributed by atoms with Crippen molar-refractivity contribution in [3.63, 3.8) is 0 Å². The Kier molecular flexibility index (Phi) is 5.37. The van der Waals surface area contributed by atoms with Crippen LogP contribution in [0.15, 0.2) is 24.3 Å². The van der Waals surface area contributed by atoms with Gasteiger partial charge in [0.15, 0.2) is 5.78 Å². The number of hydrogen-bond acceptors (Lipinski definition) is 4. The molecule has 0 radical (unpaired) electrons. The standard InChI is InChI=1S/C17H26N2O2/c1-13(2)21-16-9-6-5-8-14(16)17(20)15-12-18(3)10-7-11-19(15)4/h5-6,8-9,13,15H,7,10-12H2,1-4H3. The van der Waals surface area contributed by atoms with Gasteiger partial charge in [-0.1, -0.05) is 12.1 Å². The number of para-hydroxylation sites is 1. The van der Waals surface area contributed by atoms with Crippen molar-refractivity contribution in [1.82, 2.24) is 9.80 Å². The van der Waals surface area contributed by atoms with E-state index in [0.29, 0.717) is 11.3 Å². The van der Waals surface area contributed by atoms with Gasteiger partial charge in [0, 0.05) is 6.54 Å². The molecule has 116 valence electrons. The average molecular weight is 290 g/mol. The number of rotatable bonds is 4. The van der Waals surface area contributed by atoms with Gasteiger partial charge in [-0.3, -0.25) is 9.69 Å². The Labute approximate surface area is 127 Å². The van der Waals surface area contributed by atoms with Crippen LogP contribution in [-0.2, 0) is 0 Å². The van der Waals surface area contributed by atoms with Crippen LogP contribution in [0, 0.1) is 0 Å². The second kappa shape index (κ2) is 7.05. The van der Waals surface area contributed by atoms with Crippen LogP contribution in [-0.4, -0.2) is 61.5 Å². The summed E-state index contributed by atoms with van der Waals surface area (Å²) in [5, 5.41) is 0. The van der Waals surface area contributed by atoms with Crippen molar-refractivity contribution in [1.29, 1.82) is 0 Å². The number of carbonyl (C=O) groups is 1. The van der Waals surface area contributed by atoms with Gasteiger partial charge in [-0.2, -0.15) is 0 Å². The number of nitrogens with zero attached hydrogens (tertiary/aromatic N) is 2. The summed E-state index contributed by atoms with van der Waals surface area (Å²) in [6.07, 6.45) is 1.16. The summed E-state index contributed by atoms with van der Waals surface area (Å²) in [4.78, 5) is 17.4. The Morgan fingerprint density at radius 1 is 1.24 bits per heavy atom. The summed E-state index contributed by atoms with van der Waals surface area (Å²) in [5.41, 5.74) is 0.693. The van der Waals surface area contributed by atoms with Gasteiger partial charge < -0.3 is 9.64 Å². The van der Waals surface area contributed by atoms with E-state index in [1.165, 1.54) is 0 Å². The van der Waals surface area contributed by atoms with Gasteiger partial charge >= 0.3 is 0 Å². The number of hydrogen-bond donors (Lipinski definition) is 0. The first-order valence-electron chi connectivity index (χ1n) is 7.67. The van der Waals surface area contributed by atoms with E-state index in [9.17, 15) is 4.79 Å². The maximum atomic E-state index is 13.0. The monoisotopic (exact) mass is 290 g/mol. The van der Waals surface area contributed by atoms with E-state index in [2.05, 4.69) is 16.8 Å². The molecule has 4 heteroatoms. The van der Waals surface area contributed by atoms with Crippen molar-refractivity contribution in [2.45, 2.75) is 32.4 Å². The van der Waals surface area contributed by atoms with Crippen molar-refractivity contribution in [3.8, 4) is 5.75 Å². The van der Waals surface area contributed by atoms with Crippen LogP contribution in [0.3, 0.4) is 0 Å². The van der Waals surface area contributed by atoms with Crippen molar-refractivity contribution in [3.05, 3.63) is 29.8 Å². The third-order valence-electron chi connectivity index (χ3n) is 3.89. The van der Waals surface area contributed by atoms with Crippen LogP contribution in [0.1, 0.15) is 30.6 Å². The van der Waals surface area contributed by atoms with Crippen LogP contribution in [0.2, 0.25) is 0 Å². The third-order valence-corrected chi connectivity index (χ3v) is 3.89. The molecular weight excluding hydrogens is 264 g/mol. The molecule has 1 aromatic carbocycles. The van der Waals surface area contributed by atoms with E-state index in [1.54, 1.807) is 0 Å². The van der Waals surface area contributed by atoms with Crippen molar-refractivity contribution < 1.29 is 9.53 Å². The average Bonchev–Trinajstić information content (AvgIpc) is 2.59. The van der Waals surface area contributed by atoms with Crippen LogP contribution in [0.25, 0.3) is 0 Å². The molecule has 0 bridgehead atoms. The van der Waals surface area contributed by atoms with Gasteiger partial charge in [-0.15, -0.1) is 0 Å². The topological polar surface area (TPSA) is 32.8 Å². The second-order valence-electron chi connectivity index (χ2n) is 6.14. The fourth-order valence-electron chi connectivity index (χ4n) is 2.76. The summed E-state index contributed by atoms with van der Waals surface area (Å²) in [6, 6.07) is 7.47. The van der Waals surface area contributed by atoms with Crippen LogP contribution in [0.5, 0.6) is 5.75 Å². The molecule has 4 nitrogen and oxygen atoms in total. The number of ketones is 1. The third kappa shape index (κ3) is 4.05. The van der Waals surface area contributed by atoms with E-state index < -0.39 is 0 Å². The summed E-state index contributed by atoms with van der Waals surface area (Å²) in [7, 11) is 4.11. The highest BCUT2D eigenvalue weighted by molar-refractivity contribution is 6.02. The molecule has 0 aliphatic carbocycles. The predicted molar refractivity (Wildman–Crippen MR) is 85.1 cm³/mol. The van der Waals surface area contributed by atoms with Crippen LogP contribution in [0.4, 0.5) is 0 Å². The zero-order valence-corrected chi connectivity index (χ0v) is 13.5. The fourth-order valence-corrected chi connectivity index (χ4v) is 2.76. The summed E-state index contributed by atoms with van der Waals surface area (Å²) in [6.45, 7) is 6.72. The Morgan fingerprint density at radius 3 is 2.67 bits per heavy atom. The molecule has 0 N–H and O–H groups in total. The zero-order valence-electron chi connectivity index (χ0n) is 13.5. The fraction of sp³-hybridized carbons (Fsp3) is 0.588. The molecule has 21 heavy (non-hydrogen) atoms. The maximum Gasteiger partial charge on any atom is 0.184 e. The molecule has 1 saturated heterocycles. The van der Waals surface area contributed by atoms with Gasteiger partial charge in [-0.05, 0) is 59.6 Å². The zero-order chi connectivity index (χ0) is 15.4. The molecular formula is C17H26N2O2. The highest BCUT2D eigenvalue weighted by Crippen LogP contribution is 2.23. The number of carbonyl (C=O) groups excluding carboxylic acids is 1. The van der Waals surface area contributed by atoms with Crippen LogP contribution >= 0.6 is 0 Å². The number of likely N-dealkylation sites (N-methyl/N-ethyl adjacent to an activating group) is 2. The Balaban J connectivity index is 2.25. The minimum Gasteiger partial charge on any atom is -0.490 e. The summed E-state index contributed by atoms with van der Waals surface area (Å²) >= 11 is 0. The van der Waals surface area contributed by atoms with Crippen molar-refractivity contribution >= 4 is 5.78 Å².